The minimum Gasteiger partial charge on any atom is -0.468 e. The lowest BCUT2D eigenvalue weighted by molar-refractivity contribution is -0.143. The van der Waals surface area contributed by atoms with Crippen molar-refractivity contribution >= 4 is 16.0 Å². The number of nitrogens with zero attached hydrogens (tertiary/aromatic N) is 1. The highest BCUT2D eigenvalue weighted by atomic mass is 32.2. The second-order valence-electron chi connectivity index (χ2n) is 3.78. The molecule has 1 unspecified atom stereocenters. The Morgan fingerprint density at radius 3 is 2.59 bits per heavy atom. The van der Waals surface area contributed by atoms with Crippen LogP contribution >= 0.6 is 0 Å². The molecular formula is C9H15N3O4S. The molecular weight excluding hydrogens is 246 g/mol. The average Bonchev–Trinajstić information content (AvgIpc) is 2.78. The molecule has 0 saturated heterocycles. The van der Waals surface area contributed by atoms with Crippen LogP contribution in [0.4, 0.5) is 0 Å². The topological polar surface area (TPSA) is 101 Å². The van der Waals surface area contributed by atoms with E-state index in [1.807, 2.05) is 0 Å². The van der Waals surface area contributed by atoms with Gasteiger partial charge in [-0.05, 0) is 5.92 Å². The van der Waals surface area contributed by atoms with Gasteiger partial charge < -0.3 is 9.72 Å². The molecule has 2 N–H and O–H groups in total. The monoisotopic (exact) mass is 261 g/mol. The first-order chi connectivity index (χ1) is 7.88. The molecule has 0 aliphatic rings. The summed E-state index contributed by atoms with van der Waals surface area (Å²) in [7, 11) is -2.57. The number of esters is 1. The number of hydrogen-bond acceptors (Lipinski definition) is 5. The van der Waals surface area contributed by atoms with E-state index in [2.05, 4.69) is 19.4 Å². The van der Waals surface area contributed by atoms with Crippen molar-refractivity contribution in [3.63, 3.8) is 0 Å². The van der Waals surface area contributed by atoms with Crippen molar-refractivity contribution in [2.75, 3.05) is 7.11 Å². The smallest absolute Gasteiger partial charge is 0.324 e. The summed E-state index contributed by atoms with van der Waals surface area (Å²) in [5.74, 6) is -0.844. The van der Waals surface area contributed by atoms with Gasteiger partial charge in [-0.2, -0.15) is 4.72 Å². The Morgan fingerprint density at radius 1 is 1.53 bits per heavy atom. The molecule has 0 radical (unpaired) electrons. The zero-order chi connectivity index (χ0) is 13.1. The number of carbonyl (C=O) groups excluding carboxylic acids is 1. The third-order valence-corrected chi connectivity index (χ3v) is 3.53. The largest absolute Gasteiger partial charge is 0.468 e. The third-order valence-electron chi connectivity index (χ3n) is 2.17. The molecule has 0 bridgehead atoms. The molecule has 1 atom stereocenters. The maximum absolute atomic E-state index is 11.8. The van der Waals surface area contributed by atoms with Gasteiger partial charge in [0.15, 0.2) is 5.03 Å². The van der Waals surface area contributed by atoms with Crippen LogP contribution in [-0.2, 0) is 19.6 Å². The van der Waals surface area contributed by atoms with E-state index in [0.29, 0.717) is 0 Å². The maximum Gasteiger partial charge on any atom is 0.324 e. The number of ether oxygens (including phenoxy) is 1. The number of imidazole rings is 1. The molecule has 7 nitrogen and oxygen atoms in total. The molecule has 1 rings (SSSR count). The number of carbonyl (C=O) groups is 1. The van der Waals surface area contributed by atoms with E-state index in [0.717, 1.165) is 6.20 Å². The summed E-state index contributed by atoms with van der Waals surface area (Å²) in [4.78, 5) is 17.5. The van der Waals surface area contributed by atoms with Crippen molar-refractivity contribution in [3.8, 4) is 0 Å². The first-order valence-corrected chi connectivity index (χ1v) is 6.45. The number of methoxy groups -OCH3 is 1. The Kier molecular flexibility index (Phi) is 4.24. The molecule has 0 aliphatic carbocycles. The molecule has 17 heavy (non-hydrogen) atoms. The highest BCUT2D eigenvalue weighted by molar-refractivity contribution is 7.89. The fourth-order valence-electron chi connectivity index (χ4n) is 1.20. The fourth-order valence-corrected chi connectivity index (χ4v) is 2.44. The Labute approximate surface area is 99.6 Å². The van der Waals surface area contributed by atoms with Crippen LogP contribution in [0.2, 0.25) is 0 Å². The predicted octanol–water partition coefficient (Wildman–Crippen LogP) is -0.114. The molecule has 0 saturated carbocycles. The fraction of sp³-hybridized carbons (Fsp3) is 0.556. The summed E-state index contributed by atoms with van der Waals surface area (Å²) in [5.41, 5.74) is 0. The first kappa shape index (κ1) is 13.7. The van der Waals surface area contributed by atoms with Crippen LogP contribution in [0.3, 0.4) is 0 Å². The quantitative estimate of drug-likeness (QED) is 0.720. The molecule has 96 valence electrons. The van der Waals surface area contributed by atoms with Crippen LogP contribution in [0.25, 0.3) is 0 Å². The second-order valence-corrected chi connectivity index (χ2v) is 5.46. The van der Waals surface area contributed by atoms with Gasteiger partial charge in [0, 0.05) is 0 Å². The highest BCUT2D eigenvalue weighted by Gasteiger charge is 2.29. The van der Waals surface area contributed by atoms with Crippen LogP contribution in [-0.4, -0.2) is 37.5 Å². The molecule has 1 heterocycles. The molecule has 0 fully saturated rings. The Hall–Kier alpha value is -1.41. The van der Waals surface area contributed by atoms with Gasteiger partial charge in [0.1, 0.15) is 6.04 Å². The number of aromatic amines is 1. The lowest BCUT2D eigenvalue weighted by Crippen LogP contribution is -2.44. The van der Waals surface area contributed by atoms with Crippen LogP contribution in [0.1, 0.15) is 13.8 Å². The summed E-state index contributed by atoms with van der Waals surface area (Å²) in [5, 5.41) is -0.0907. The summed E-state index contributed by atoms with van der Waals surface area (Å²) < 4.78 is 30.5. The van der Waals surface area contributed by atoms with Crippen LogP contribution in [0, 0.1) is 5.92 Å². The van der Waals surface area contributed by atoms with E-state index >= 15 is 0 Å². The van der Waals surface area contributed by atoms with E-state index in [1.165, 1.54) is 13.4 Å². The molecule has 1 aromatic rings. The van der Waals surface area contributed by atoms with Gasteiger partial charge in [-0.15, -0.1) is 0 Å². The van der Waals surface area contributed by atoms with Crippen LogP contribution in [0.15, 0.2) is 17.6 Å². The number of rotatable bonds is 5. The first-order valence-electron chi connectivity index (χ1n) is 4.97. The second kappa shape index (κ2) is 5.28. The molecule has 1 aromatic heterocycles. The Morgan fingerprint density at radius 2 is 2.18 bits per heavy atom. The van der Waals surface area contributed by atoms with Gasteiger partial charge in [-0.3, -0.25) is 4.79 Å². The van der Waals surface area contributed by atoms with E-state index in [4.69, 9.17) is 0 Å². The standard InChI is InChI=1S/C9H15N3O4S/c1-6(2)8(9(13)16-3)12-17(14,15)7-4-10-5-11-7/h4-6,8,12H,1-3H3,(H,10,11). The summed E-state index contributed by atoms with van der Waals surface area (Å²) in [6.45, 7) is 3.44. The number of hydrogen-bond donors (Lipinski definition) is 2. The zero-order valence-electron chi connectivity index (χ0n) is 9.80. The molecule has 0 aromatic carbocycles. The van der Waals surface area contributed by atoms with Crippen molar-refractivity contribution < 1.29 is 17.9 Å². The summed E-state index contributed by atoms with van der Waals surface area (Å²) in [6, 6.07) is -0.923. The number of H-pyrrole nitrogens is 1. The van der Waals surface area contributed by atoms with E-state index in [1.54, 1.807) is 13.8 Å². The van der Waals surface area contributed by atoms with Gasteiger partial charge in [-0.1, -0.05) is 13.8 Å². The molecule has 0 amide bonds. The van der Waals surface area contributed by atoms with Crippen LogP contribution < -0.4 is 4.72 Å². The highest BCUT2D eigenvalue weighted by Crippen LogP contribution is 2.09. The maximum atomic E-state index is 11.8. The minimum atomic E-state index is -3.79. The van der Waals surface area contributed by atoms with Gasteiger partial charge >= 0.3 is 5.97 Å². The number of nitrogens with one attached hydrogen (secondary N) is 2. The molecule has 8 heteroatoms. The SMILES string of the molecule is COC(=O)C(NS(=O)(=O)c1cnc[nH]1)C(C)C. The third kappa shape index (κ3) is 3.27. The van der Waals surface area contributed by atoms with Gasteiger partial charge in [0.2, 0.25) is 0 Å². The van der Waals surface area contributed by atoms with Gasteiger partial charge in [0.25, 0.3) is 10.0 Å². The Balaban J connectivity index is 2.92. The van der Waals surface area contributed by atoms with Crippen molar-refractivity contribution in [1.29, 1.82) is 0 Å². The Bertz CT molecular complexity index is 466. The molecule has 0 spiro atoms. The van der Waals surface area contributed by atoms with Crippen molar-refractivity contribution in [3.05, 3.63) is 12.5 Å². The van der Waals surface area contributed by atoms with E-state index < -0.39 is 22.0 Å². The van der Waals surface area contributed by atoms with Gasteiger partial charge in [0.05, 0.1) is 19.6 Å². The predicted molar refractivity (Wildman–Crippen MR) is 59.6 cm³/mol. The van der Waals surface area contributed by atoms with E-state index in [-0.39, 0.29) is 10.9 Å². The van der Waals surface area contributed by atoms with E-state index in [9.17, 15) is 13.2 Å². The lowest BCUT2D eigenvalue weighted by Gasteiger charge is -2.18. The minimum absolute atomic E-state index is 0.0907. The lowest BCUT2D eigenvalue weighted by atomic mass is 10.1. The number of sulfonamides is 1. The van der Waals surface area contributed by atoms with Gasteiger partial charge in [-0.25, -0.2) is 13.4 Å². The number of aromatic nitrogens is 2. The zero-order valence-corrected chi connectivity index (χ0v) is 10.6. The van der Waals surface area contributed by atoms with Crippen molar-refractivity contribution in [2.24, 2.45) is 5.92 Å². The summed E-state index contributed by atoms with van der Waals surface area (Å²) in [6.07, 6.45) is 2.41. The normalized spacial score (nSPS) is 13.6. The van der Waals surface area contributed by atoms with Crippen molar-refractivity contribution in [1.82, 2.24) is 14.7 Å². The van der Waals surface area contributed by atoms with Crippen molar-refractivity contribution in [2.45, 2.75) is 24.9 Å². The summed E-state index contributed by atoms with van der Waals surface area (Å²) >= 11 is 0. The van der Waals surface area contributed by atoms with Crippen LogP contribution in [0.5, 0.6) is 0 Å². The average molecular weight is 261 g/mol. The molecule has 0 aliphatic heterocycles.